The molecule has 16 heavy (non-hydrogen) atoms. The van der Waals surface area contributed by atoms with Gasteiger partial charge in [0.2, 0.25) is 0 Å². The van der Waals surface area contributed by atoms with Crippen LogP contribution in [0, 0.1) is 0 Å². The van der Waals surface area contributed by atoms with Gasteiger partial charge in [-0.2, -0.15) is 13.2 Å². The molecule has 0 bridgehead atoms. The van der Waals surface area contributed by atoms with Crippen LogP contribution in [-0.4, -0.2) is 23.1 Å². The summed E-state index contributed by atoms with van der Waals surface area (Å²) >= 11 is 0. The van der Waals surface area contributed by atoms with Crippen LogP contribution in [-0.2, 0) is 0 Å². The van der Waals surface area contributed by atoms with E-state index in [0.29, 0.717) is 5.69 Å². The fourth-order valence-electron chi connectivity index (χ4n) is 1.16. The molecule has 0 aromatic heterocycles. The third kappa shape index (κ3) is 4.02. The molecule has 0 amide bonds. The zero-order chi connectivity index (χ0) is 12.2. The fraction of sp³-hybridized carbons (Fsp3) is 0.364. The predicted molar refractivity (Wildman–Crippen MR) is 55.9 cm³/mol. The zero-order valence-corrected chi connectivity index (χ0v) is 8.70. The Morgan fingerprint density at radius 2 is 1.88 bits per heavy atom. The normalized spacial score (nSPS) is 14.9. The summed E-state index contributed by atoms with van der Waals surface area (Å²) in [6.07, 6.45) is -7.44. The van der Waals surface area contributed by atoms with Crippen LogP contribution < -0.4 is 0 Å². The van der Waals surface area contributed by atoms with Gasteiger partial charge in [0, 0.05) is 12.1 Å². The van der Waals surface area contributed by atoms with Crippen molar-refractivity contribution in [2.24, 2.45) is 4.99 Å². The van der Waals surface area contributed by atoms with Crippen molar-refractivity contribution in [3.05, 3.63) is 30.3 Å². The van der Waals surface area contributed by atoms with Crippen molar-refractivity contribution in [1.82, 2.24) is 0 Å². The highest BCUT2D eigenvalue weighted by molar-refractivity contribution is 5.85. The third-order valence-electron chi connectivity index (χ3n) is 1.94. The van der Waals surface area contributed by atoms with Gasteiger partial charge in [-0.1, -0.05) is 18.2 Å². The fourth-order valence-corrected chi connectivity index (χ4v) is 1.16. The molecule has 0 saturated heterocycles. The summed E-state index contributed by atoms with van der Waals surface area (Å²) in [5.41, 5.74) is 0.824. The van der Waals surface area contributed by atoms with Crippen LogP contribution in [0.3, 0.4) is 0 Å². The quantitative estimate of drug-likeness (QED) is 0.796. The Bertz CT molecular complexity index is 359. The highest BCUT2D eigenvalue weighted by Gasteiger charge is 2.38. The van der Waals surface area contributed by atoms with E-state index in [1.54, 1.807) is 30.3 Å². The van der Waals surface area contributed by atoms with E-state index in [0.717, 1.165) is 0 Å². The monoisotopic (exact) mass is 231 g/mol. The van der Waals surface area contributed by atoms with Crippen LogP contribution in [0.5, 0.6) is 0 Å². The van der Waals surface area contributed by atoms with Crippen molar-refractivity contribution in [2.75, 3.05) is 0 Å². The first-order chi connectivity index (χ1) is 7.39. The van der Waals surface area contributed by atoms with Gasteiger partial charge in [-0.25, -0.2) is 0 Å². The first-order valence-corrected chi connectivity index (χ1v) is 4.73. The van der Waals surface area contributed by atoms with Crippen LogP contribution in [0.15, 0.2) is 35.3 Å². The van der Waals surface area contributed by atoms with Gasteiger partial charge in [-0.05, 0) is 19.1 Å². The molecule has 0 aliphatic heterocycles. The molecule has 0 aliphatic rings. The summed E-state index contributed by atoms with van der Waals surface area (Å²) in [6, 6.07) is 8.64. The predicted octanol–water partition coefficient (Wildman–Crippen LogP) is 3.09. The maximum Gasteiger partial charge on any atom is 0.414 e. The molecule has 88 valence electrons. The second kappa shape index (κ2) is 5.12. The molecule has 1 atom stereocenters. The average Bonchev–Trinajstić information content (AvgIpc) is 2.17. The van der Waals surface area contributed by atoms with Gasteiger partial charge in [0.25, 0.3) is 0 Å². The van der Waals surface area contributed by atoms with E-state index in [1.165, 1.54) is 6.92 Å². The number of hydrogen-bond acceptors (Lipinski definition) is 2. The van der Waals surface area contributed by atoms with E-state index in [2.05, 4.69) is 4.99 Å². The molecule has 0 spiro atoms. The number of aliphatic hydroxyl groups excluding tert-OH is 1. The van der Waals surface area contributed by atoms with Crippen molar-refractivity contribution in [1.29, 1.82) is 0 Å². The lowest BCUT2D eigenvalue weighted by atomic mass is 10.2. The summed E-state index contributed by atoms with van der Waals surface area (Å²) in [5.74, 6) is 0. The number of para-hydroxylation sites is 1. The first-order valence-electron chi connectivity index (χ1n) is 4.73. The van der Waals surface area contributed by atoms with Gasteiger partial charge in [-0.15, -0.1) is 0 Å². The molecule has 1 aromatic rings. The highest BCUT2D eigenvalue weighted by Crippen LogP contribution is 2.23. The van der Waals surface area contributed by atoms with Crippen LogP contribution in [0.25, 0.3) is 0 Å². The highest BCUT2D eigenvalue weighted by atomic mass is 19.4. The summed E-state index contributed by atoms with van der Waals surface area (Å²) in [6.45, 7) is 1.46. The molecule has 0 aliphatic carbocycles. The number of aliphatic hydroxyl groups is 1. The van der Waals surface area contributed by atoms with E-state index in [9.17, 15) is 13.2 Å². The Morgan fingerprint density at radius 1 is 1.31 bits per heavy atom. The summed E-state index contributed by atoms with van der Waals surface area (Å²) in [7, 11) is 0. The van der Waals surface area contributed by atoms with Crippen LogP contribution in [0.4, 0.5) is 18.9 Å². The minimum absolute atomic E-state index is 0.246. The zero-order valence-electron chi connectivity index (χ0n) is 8.70. The van der Waals surface area contributed by atoms with E-state index in [4.69, 9.17) is 5.11 Å². The van der Waals surface area contributed by atoms with Gasteiger partial charge in [0.15, 0.2) is 6.10 Å². The standard InChI is InChI=1S/C11H12F3NO/c1-8(7-10(16)11(12,13)14)15-9-5-3-2-4-6-9/h2-6,10,16H,7H2,1H3. The molecule has 0 heterocycles. The largest absolute Gasteiger partial charge is 0.414 e. The molecule has 1 aromatic carbocycles. The molecule has 1 rings (SSSR count). The van der Waals surface area contributed by atoms with Gasteiger partial charge >= 0.3 is 6.18 Å². The average molecular weight is 231 g/mol. The maximum atomic E-state index is 12.0. The summed E-state index contributed by atoms with van der Waals surface area (Å²) < 4.78 is 36.1. The summed E-state index contributed by atoms with van der Waals surface area (Å²) in [5, 5.41) is 8.83. The minimum atomic E-state index is -4.59. The molecule has 1 unspecified atom stereocenters. The number of nitrogens with zero attached hydrogens (tertiary/aromatic N) is 1. The van der Waals surface area contributed by atoms with Gasteiger partial charge < -0.3 is 5.11 Å². The number of hydrogen-bond donors (Lipinski definition) is 1. The number of rotatable bonds is 3. The Labute approximate surface area is 91.4 Å². The Kier molecular flexibility index (Phi) is 4.06. The Hall–Kier alpha value is -1.36. The Morgan fingerprint density at radius 3 is 2.38 bits per heavy atom. The minimum Gasteiger partial charge on any atom is -0.383 e. The molecule has 0 saturated carbocycles. The molecule has 1 N–H and O–H groups in total. The second-order valence-corrected chi connectivity index (χ2v) is 3.44. The van der Waals surface area contributed by atoms with Crippen molar-refractivity contribution in [2.45, 2.75) is 25.6 Å². The van der Waals surface area contributed by atoms with Crippen LogP contribution in [0.2, 0.25) is 0 Å². The third-order valence-corrected chi connectivity index (χ3v) is 1.94. The number of aliphatic imine (C=N–C) groups is 1. The number of benzene rings is 1. The first kappa shape index (κ1) is 12.7. The van der Waals surface area contributed by atoms with Crippen LogP contribution in [0.1, 0.15) is 13.3 Å². The van der Waals surface area contributed by atoms with Gasteiger partial charge in [0.05, 0.1) is 5.69 Å². The van der Waals surface area contributed by atoms with E-state index in [1.807, 2.05) is 0 Å². The van der Waals surface area contributed by atoms with Crippen molar-refractivity contribution in [3.8, 4) is 0 Å². The Balaban J connectivity index is 2.66. The summed E-state index contributed by atoms with van der Waals surface area (Å²) in [4.78, 5) is 3.97. The number of alkyl halides is 3. The van der Waals surface area contributed by atoms with Crippen molar-refractivity contribution < 1.29 is 18.3 Å². The van der Waals surface area contributed by atoms with Crippen LogP contribution >= 0.6 is 0 Å². The molecular weight excluding hydrogens is 219 g/mol. The maximum absolute atomic E-state index is 12.0. The lowest BCUT2D eigenvalue weighted by Gasteiger charge is -2.13. The van der Waals surface area contributed by atoms with Crippen molar-refractivity contribution in [3.63, 3.8) is 0 Å². The molecule has 0 radical (unpaired) electrons. The topological polar surface area (TPSA) is 32.6 Å². The van der Waals surface area contributed by atoms with Gasteiger partial charge in [0.1, 0.15) is 0 Å². The lowest BCUT2D eigenvalue weighted by molar-refractivity contribution is -0.201. The van der Waals surface area contributed by atoms with E-state index >= 15 is 0 Å². The SMILES string of the molecule is CC(CC(O)C(F)(F)F)=Nc1ccccc1. The molecule has 5 heteroatoms. The molecule has 2 nitrogen and oxygen atoms in total. The van der Waals surface area contributed by atoms with Crippen molar-refractivity contribution >= 4 is 11.4 Å². The molecule has 0 fully saturated rings. The second-order valence-electron chi connectivity index (χ2n) is 3.44. The lowest BCUT2D eigenvalue weighted by Crippen LogP contribution is -2.30. The van der Waals surface area contributed by atoms with Gasteiger partial charge in [-0.3, -0.25) is 4.99 Å². The van der Waals surface area contributed by atoms with E-state index < -0.39 is 18.7 Å². The number of halogens is 3. The molecular formula is C11H12F3NO. The smallest absolute Gasteiger partial charge is 0.383 e. The van der Waals surface area contributed by atoms with E-state index in [-0.39, 0.29) is 5.71 Å².